The number of nitrogens with zero attached hydrogens (tertiary/aromatic N) is 2. The third-order valence-corrected chi connectivity index (χ3v) is 3.50. The van der Waals surface area contributed by atoms with Crippen LogP contribution in [-0.4, -0.2) is 30.7 Å². The fourth-order valence-corrected chi connectivity index (χ4v) is 2.42. The molecule has 0 spiro atoms. The minimum absolute atomic E-state index is 0.0661. The molecule has 6 nitrogen and oxygen atoms in total. The first-order chi connectivity index (χ1) is 9.63. The summed E-state index contributed by atoms with van der Waals surface area (Å²) >= 11 is 0. The Balaban J connectivity index is 2.29. The molecule has 6 heteroatoms. The van der Waals surface area contributed by atoms with E-state index in [0.717, 1.165) is 32.4 Å². The zero-order valence-electron chi connectivity index (χ0n) is 11.7. The van der Waals surface area contributed by atoms with Gasteiger partial charge in [-0.25, -0.2) is 0 Å². The molecule has 0 saturated carbocycles. The van der Waals surface area contributed by atoms with E-state index in [2.05, 4.69) is 0 Å². The molecule has 1 fully saturated rings. The summed E-state index contributed by atoms with van der Waals surface area (Å²) in [6.07, 6.45) is 2.54. The number of benzene rings is 1. The maximum absolute atomic E-state index is 11.4. The van der Waals surface area contributed by atoms with Crippen molar-refractivity contribution in [3.05, 3.63) is 28.3 Å². The number of piperidine rings is 1. The van der Waals surface area contributed by atoms with Crippen LogP contribution in [0.1, 0.15) is 26.2 Å². The van der Waals surface area contributed by atoms with Crippen LogP contribution < -0.4 is 15.4 Å². The average Bonchev–Trinajstić information content (AvgIpc) is 2.45. The number of nitro benzene ring substituents is 1. The van der Waals surface area contributed by atoms with Crippen LogP contribution in [-0.2, 0) is 0 Å². The number of hydrogen-bond acceptors (Lipinski definition) is 5. The summed E-state index contributed by atoms with van der Waals surface area (Å²) in [5, 5.41) is 11.4. The Labute approximate surface area is 118 Å². The molecule has 0 bridgehead atoms. The summed E-state index contributed by atoms with van der Waals surface area (Å²) in [5.74, 6) is 0.351. The lowest BCUT2D eigenvalue weighted by Crippen LogP contribution is -2.39. The maximum Gasteiger partial charge on any atom is 0.333 e. The van der Waals surface area contributed by atoms with E-state index in [1.54, 1.807) is 12.1 Å². The molecule has 0 aromatic heterocycles. The van der Waals surface area contributed by atoms with Gasteiger partial charge in [-0.1, -0.05) is 13.0 Å². The molecule has 2 N–H and O–H groups in total. The van der Waals surface area contributed by atoms with Crippen LogP contribution in [0, 0.1) is 10.1 Å². The van der Waals surface area contributed by atoms with Gasteiger partial charge >= 0.3 is 5.69 Å². The Morgan fingerprint density at radius 3 is 2.75 bits per heavy atom. The molecular weight excluding hydrogens is 258 g/mol. The highest BCUT2D eigenvalue weighted by molar-refractivity contribution is 5.70. The van der Waals surface area contributed by atoms with Crippen molar-refractivity contribution in [2.24, 2.45) is 5.73 Å². The van der Waals surface area contributed by atoms with Gasteiger partial charge in [0.1, 0.15) is 5.69 Å². The molecule has 0 atom stereocenters. The number of hydrogen-bond donors (Lipinski definition) is 1. The van der Waals surface area contributed by atoms with E-state index in [1.165, 1.54) is 0 Å². The molecule has 1 heterocycles. The lowest BCUT2D eigenvalue weighted by Gasteiger charge is -2.31. The predicted octanol–water partition coefficient (Wildman–Crippen LogP) is 2.31. The second-order valence-electron chi connectivity index (χ2n) is 5.05. The normalized spacial score (nSPS) is 16.2. The monoisotopic (exact) mass is 279 g/mol. The quantitative estimate of drug-likeness (QED) is 0.660. The number of anilines is 1. The molecule has 1 aromatic carbocycles. The van der Waals surface area contributed by atoms with E-state index in [4.69, 9.17) is 10.5 Å². The third-order valence-electron chi connectivity index (χ3n) is 3.50. The molecule has 1 aromatic rings. The second-order valence-corrected chi connectivity index (χ2v) is 5.05. The van der Waals surface area contributed by atoms with E-state index in [0.29, 0.717) is 18.0 Å². The van der Waals surface area contributed by atoms with E-state index in [9.17, 15) is 10.1 Å². The number of rotatable bonds is 5. The van der Waals surface area contributed by atoms with Gasteiger partial charge in [-0.3, -0.25) is 10.1 Å². The van der Waals surface area contributed by atoms with Gasteiger partial charge in [0.2, 0.25) is 0 Å². The van der Waals surface area contributed by atoms with Crippen molar-refractivity contribution in [2.75, 3.05) is 24.6 Å². The van der Waals surface area contributed by atoms with Gasteiger partial charge in [-0.15, -0.1) is 0 Å². The van der Waals surface area contributed by atoms with Crippen molar-refractivity contribution in [2.45, 2.75) is 32.2 Å². The molecule has 1 aliphatic rings. The Morgan fingerprint density at radius 2 is 2.15 bits per heavy atom. The van der Waals surface area contributed by atoms with Gasteiger partial charge < -0.3 is 15.4 Å². The van der Waals surface area contributed by atoms with Crippen LogP contribution in [0.4, 0.5) is 11.4 Å². The van der Waals surface area contributed by atoms with Crippen LogP contribution in [0.5, 0.6) is 5.75 Å². The number of nitro groups is 1. The van der Waals surface area contributed by atoms with Crippen molar-refractivity contribution in [3.63, 3.8) is 0 Å². The lowest BCUT2D eigenvalue weighted by molar-refractivity contribution is -0.385. The Morgan fingerprint density at radius 1 is 1.45 bits per heavy atom. The topological polar surface area (TPSA) is 81.6 Å². The summed E-state index contributed by atoms with van der Waals surface area (Å²) in [6.45, 7) is 3.95. The van der Waals surface area contributed by atoms with Crippen LogP contribution in [0.3, 0.4) is 0 Å². The molecular formula is C14H21N3O3. The lowest BCUT2D eigenvalue weighted by atomic mass is 10.0. The van der Waals surface area contributed by atoms with E-state index < -0.39 is 0 Å². The molecule has 0 aliphatic carbocycles. The van der Waals surface area contributed by atoms with Crippen LogP contribution in [0.15, 0.2) is 18.2 Å². The number of para-hydroxylation sites is 1. The summed E-state index contributed by atoms with van der Waals surface area (Å²) in [7, 11) is 0. The standard InChI is InChI=1S/C14H21N3O3/c1-2-10-20-13-5-3-4-12(14(13)17(18)19)16-8-6-11(15)7-9-16/h3-5,11H,2,6-10,15H2,1H3. The van der Waals surface area contributed by atoms with E-state index in [1.807, 2.05) is 17.9 Å². The molecule has 1 saturated heterocycles. The minimum Gasteiger partial charge on any atom is -0.487 e. The molecule has 2 rings (SSSR count). The minimum atomic E-state index is -0.352. The SMILES string of the molecule is CCCOc1cccc(N2CCC(N)CC2)c1[N+](=O)[O-]. The van der Waals surface area contributed by atoms with Crippen LogP contribution >= 0.6 is 0 Å². The molecule has 0 amide bonds. The largest absolute Gasteiger partial charge is 0.487 e. The summed E-state index contributed by atoms with van der Waals surface area (Å²) < 4.78 is 5.51. The van der Waals surface area contributed by atoms with Crippen molar-refractivity contribution in [1.82, 2.24) is 0 Å². The van der Waals surface area contributed by atoms with Gasteiger partial charge in [-0.05, 0) is 31.4 Å². The number of nitrogens with two attached hydrogens (primary N) is 1. The van der Waals surface area contributed by atoms with Gasteiger partial charge in [-0.2, -0.15) is 0 Å². The Hall–Kier alpha value is -1.82. The average molecular weight is 279 g/mol. The molecule has 0 radical (unpaired) electrons. The summed E-state index contributed by atoms with van der Waals surface area (Å²) in [4.78, 5) is 13.1. The molecule has 0 unspecified atom stereocenters. The zero-order chi connectivity index (χ0) is 14.5. The maximum atomic E-state index is 11.4. The zero-order valence-corrected chi connectivity index (χ0v) is 11.7. The second kappa shape index (κ2) is 6.56. The highest BCUT2D eigenvalue weighted by Gasteiger charge is 2.27. The van der Waals surface area contributed by atoms with E-state index >= 15 is 0 Å². The van der Waals surface area contributed by atoms with Crippen LogP contribution in [0.25, 0.3) is 0 Å². The van der Waals surface area contributed by atoms with Gasteiger partial charge in [0, 0.05) is 19.1 Å². The fourth-order valence-electron chi connectivity index (χ4n) is 2.42. The number of ether oxygens (including phenoxy) is 1. The smallest absolute Gasteiger partial charge is 0.333 e. The van der Waals surface area contributed by atoms with E-state index in [-0.39, 0.29) is 16.7 Å². The summed E-state index contributed by atoms with van der Waals surface area (Å²) in [5.41, 5.74) is 6.58. The van der Waals surface area contributed by atoms with Gasteiger partial charge in [0.25, 0.3) is 0 Å². The molecule has 20 heavy (non-hydrogen) atoms. The van der Waals surface area contributed by atoms with Crippen molar-refractivity contribution >= 4 is 11.4 Å². The summed E-state index contributed by atoms with van der Waals surface area (Å²) in [6, 6.07) is 5.45. The Bertz CT molecular complexity index is 471. The molecule has 110 valence electrons. The van der Waals surface area contributed by atoms with Crippen LogP contribution in [0.2, 0.25) is 0 Å². The first kappa shape index (κ1) is 14.6. The first-order valence-corrected chi connectivity index (χ1v) is 7.04. The fraction of sp³-hybridized carbons (Fsp3) is 0.571. The predicted molar refractivity (Wildman–Crippen MR) is 78.3 cm³/mol. The van der Waals surface area contributed by atoms with Crippen molar-refractivity contribution in [3.8, 4) is 5.75 Å². The van der Waals surface area contributed by atoms with Gasteiger partial charge in [0.15, 0.2) is 5.75 Å². The molecule has 1 aliphatic heterocycles. The highest BCUT2D eigenvalue weighted by atomic mass is 16.6. The first-order valence-electron chi connectivity index (χ1n) is 7.04. The van der Waals surface area contributed by atoms with Gasteiger partial charge in [0.05, 0.1) is 11.5 Å². The Kier molecular flexibility index (Phi) is 4.79. The van der Waals surface area contributed by atoms with Crippen molar-refractivity contribution in [1.29, 1.82) is 0 Å². The van der Waals surface area contributed by atoms with Crippen molar-refractivity contribution < 1.29 is 9.66 Å². The third kappa shape index (κ3) is 3.19. The highest BCUT2D eigenvalue weighted by Crippen LogP contribution is 2.38.